The molecule has 5 spiro atoms. The van der Waals surface area contributed by atoms with Crippen LogP contribution in [0.4, 0.5) is 0 Å². The topological polar surface area (TPSA) is 280 Å². The van der Waals surface area contributed by atoms with Crippen molar-refractivity contribution in [3.63, 3.8) is 0 Å². The summed E-state index contributed by atoms with van der Waals surface area (Å²) < 4.78 is 15.2. The molecule has 1 unspecified atom stereocenters. The molecule has 5 aliphatic heterocycles. The van der Waals surface area contributed by atoms with Crippen molar-refractivity contribution in [3.05, 3.63) is 118 Å². The van der Waals surface area contributed by atoms with Gasteiger partial charge in [0.25, 0.3) is 0 Å². The van der Waals surface area contributed by atoms with Crippen LogP contribution >= 0.6 is 0 Å². The van der Waals surface area contributed by atoms with Crippen LogP contribution in [0.5, 0.6) is 0 Å². The van der Waals surface area contributed by atoms with Crippen molar-refractivity contribution in [1.29, 1.82) is 0 Å². The Morgan fingerprint density at radius 3 is 2.53 bits per heavy atom. The Hall–Kier alpha value is -4.01. The van der Waals surface area contributed by atoms with Gasteiger partial charge in [-0.1, -0.05) is 98.6 Å². The van der Waals surface area contributed by atoms with Gasteiger partial charge < -0.3 is 77.1 Å². The number of dihydropyridines is 1. The van der Waals surface area contributed by atoms with Crippen molar-refractivity contribution in [2.75, 3.05) is 13.2 Å². The molecule has 7 saturated carbocycles. The van der Waals surface area contributed by atoms with Crippen LogP contribution in [0, 0.1) is 92.2 Å². The van der Waals surface area contributed by atoms with E-state index in [0.29, 0.717) is 68.4 Å². The summed E-state index contributed by atoms with van der Waals surface area (Å²) >= 11 is 0. The molecule has 5 heterocycles. The van der Waals surface area contributed by atoms with E-state index in [1.807, 2.05) is 18.2 Å². The second-order valence-electron chi connectivity index (χ2n) is 34.5. The number of carbonyl (C=O) groups excluding carboxylic acids is 1. The number of allylic oxidation sites excluding steroid dienone is 10. The minimum absolute atomic E-state index is 0.0562. The molecule has 94 heavy (non-hydrogen) atoms. The van der Waals surface area contributed by atoms with E-state index in [1.165, 1.54) is 16.7 Å². The van der Waals surface area contributed by atoms with E-state index >= 15 is 20.1 Å². The number of rotatable bonds is 11. The van der Waals surface area contributed by atoms with Crippen LogP contribution in [0.15, 0.2) is 118 Å². The number of aliphatic hydroxyl groups is 9. The molecule has 0 radical (unpaired) electrons. The molecule has 0 aromatic rings. The summed E-state index contributed by atoms with van der Waals surface area (Å²) in [6, 6.07) is 0.301. The lowest BCUT2D eigenvalue weighted by atomic mass is 9.27. The quantitative estimate of drug-likeness (QED) is 0.0944. The molecule has 30 atom stereocenters. The van der Waals surface area contributed by atoms with Gasteiger partial charge in [0.05, 0.1) is 82.2 Å². The maximum Gasteiger partial charge on any atom is 0.189 e. The van der Waals surface area contributed by atoms with Crippen LogP contribution in [0.1, 0.15) is 162 Å². The predicted octanol–water partition coefficient (Wildman–Crippen LogP) is 6.84. The lowest BCUT2D eigenvalue weighted by Gasteiger charge is -2.76. The Morgan fingerprint density at radius 1 is 0.883 bits per heavy atom. The van der Waals surface area contributed by atoms with Crippen molar-refractivity contribution < 1.29 is 60.2 Å². The molecule has 15 aliphatic carbocycles. The van der Waals surface area contributed by atoms with Crippen molar-refractivity contribution in [2.24, 2.45) is 97.9 Å². The SMILES string of the molecule is CCC[C@@H]1CC[C@@H]2[C@H]3O[C@]4(C=C[C@@H]3C1)[C@H]2[C@@H](O)CCC[C@]4(O)[C@](C)(O)[C@H]1CC[C@@]2(O)C3=C(NC[C@H](C)O)C(=O)[C@@]45/C=C/[C@H]6C7=C8C(=CC7)[C@H]7[C@H]9C=CN[C@H]9C[C@@H]7O[C@H]8C[C@H]7CC[C@H](C[C@H]76)[C@@]12C[C@]1(O)C=C[C@@]2(C6=C(CCCO)NC(N)C=C6)C=C[C@@]31[C@]4(C[C@H](O)[C@H](O)C5)C2. The highest BCUT2D eigenvalue weighted by Gasteiger charge is 2.88. The monoisotopic (exact) mass is 1290 g/mol. The van der Waals surface area contributed by atoms with Crippen molar-refractivity contribution >= 4 is 5.78 Å². The fraction of sp³-hybridized carbons (Fsp3) is 0.731. The van der Waals surface area contributed by atoms with Gasteiger partial charge in [-0.2, -0.15) is 0 Å². The number of aliphatic hydroxyl groups excluding tert-OH is 5. The molecule has 0 aromatic heterocycles. The van der Waals surface area contributed by atoms with Crippen LogP contribution in [0.3, 0.4) is 0 Å². The number of nitrogens with one attached hydrogen (secondary N) is 3. The number of ether oxygens (including phenoxy) is 2. The third kappa shape index (κ3) is 7.50. The minimum Gasteiger partial charge on any atom is -0.396 e. The Balaban J connectivity index is 0.914. The van der Waals surface area contributed by atoms with Gasteiger partial charge in [-0.15, -0.1) is 0 Å². The van der Waals surface area contributed by atoms with Crippen molar-refractivity contribution in [1.82, 2.24) is 16.0 Å². The Kier molecular flexibility index (Phi) is 13.8. The van der Waals surface area contributed by atoms with Crippen LogP contribution in [0.2, 0.25) is 0 Å². The van der Waals surface area contributed by atoms with Crippen LogP contribution < -0.4 is 21.7 Å². The number of fused-ring (bicyclic) bond motifs is 6. The van der Waals surface area contributed by atoms with E-state index in [1.54, 1.807) is 13.8 Å². The fourth-order valence-corrected chi connectivity index (χ4v) is 27.6. The molecule has 9 fully saturated rings. The maximum absolute atomic E-state index is 17.9. The highest BCUT2D eigenvalue weighted by molar-refractivity contribution is 6.05. The first-order valence-corrected chi connectivity index (χ1v) is 37.2. The number of ketones is 1. The molecule has 20 aliphatic rings. The molecular weight excluding hydrogens is 1180 g/mol. The standard InChI is InChI=1S/C78H104N4O12/c1-4-7-42-10-13-50-64-55(85)9-5-22-78(92,77(64)25-18-44(32-42)66(50)94-77)69(3,89)60-20-24-76(91)67-65(81-38-41(2)84)68(88)71-23-19-46-47-14-15-49-62(47)58(93-59-35-54-48(63(49)59)21-30-80-54)33-43-11-12-45(34-51(43)46)74(60,76)40-73(90)28-26-70(52-16-17-61(79)82-53(52)8-6-31-83)27-29-75(67,73)72(71,39-70)37-57(87)56(86)36-71/h15-19,21,23,25-30,41-46,48,50-51,54-61,63-64,66,80-87,89-92H,4-14,20,22,24,31-40,79H2,1-3H3/b23-19+/t41-,42+,43+,44+,45+,46-,48-,50-,51+,54-,55-,56+,57-,58-,59-,60+,61?,63+,64+,66-,69+,70+,71-,72+,73+,74-,75-,76+,77+,78-/m0/s1. The fourth-order valence-electron chi connectivity index (χ4n) is 27.6. The maximum atomic E-state index is 17.9. The van der Waals surface area contributed by atoms with Gasteiger partial charge in [-0.25, -0.2) is 0 Å². The Labute approximate surface area is 553 Å². The number of hydrogen-bond donors (Lipinski definition) is 13. The van der Waals surface area contributed by atoms with E-state index in [2.05, 4.69) is 83.8 Å². The molecule has 14 N–H and O–H groups in total. The summed E-state index contributed by atoms with van der Waals surface area (Å²) in [6.45, 7) is 5.55. The molecule has 20 rings (SSSR count). The summed E-state index contributed by atoms with van der Waals surface area (Å²) in [4.78, 5) is 17.9. The average Bonchev–Trinajstić information content (AvgIpc) is 1.16. The van der Waals surface area contributed by atoms with Crippen LogP contribution in [-0.4, -0.2) is 148 Å². The van der Waals surface area contributed by atoms with Crippen molar-refractivity contribution in [3.8, 4) is 0 Å². The first-order valence-electron chi connectivity index (χ1n) is 37.2. The lowest BCUT2D eigenvalue weighted by molar-refractivity contribution is -0.303. The minimum atomic E-state index is -2.09. The summed E-state index contributed by atoms with van der Waals surface area (Å²) in [7, 11) is 0. The van der Waals surface area contributed by atoms with Gasteiger partial charge in [0.15, 0.2) is 5.78 Å². The van der Waals surface area contributed by atoms with Gasteiger partial charge in [-0.05, 0) is 200 Å². The van der Waals surface area contributed by atoms with Gasteiger partial charge in [0.2, 0.25) is 0 Å². The van der Waals surface area contributed by atoms with Crippen LogP contribution in [0.25, 0.3) is 0 Å². The zero-order valence-corrected chi connectivity index (χ0v) is 55.4. The van der Waals surface area contributed by atoms with E-state index in [9.17, 15) is 30.6 Å². The highest BCUT2D eigenvalue weighted by atomic mass is 16.5. The van der Waals surface area contributed by atoms with Crippen molar-refractivity contribution in [2.45, 2.75) is 245 Å². The predicted molar refractivity (Wildman–Crippen MR) is 351 cm³/mol. The molecule has 16 nitrogen and oxygen atoms in total. The number of hydrogen-bond acceptors (Lipinski definition) is 16. The molecule has 11 bridgehead atoms. The third-order valence-corrected chi connectivity index (χ3v) is 30.8. The summed E-state index contributed by atoms with van der Waals surface area (Å²) in [6.07, 6.45) is 33.8. The van der Waals surface area contributed by atoms with E-state index < -0.39 is 103 Å². The second-order valence-corrected chi connectivity index (χ2v) is 34.5. The summed E-state index contributed by atoms with van der Waals surface area (Å²) in [5.74, 6) is -1.43. The molecular formula is C78H104N4O12. The molecule has 16 heteroatoms. The first-order chi connectivity index (χ1) is 45.0. The molecule has 0 aromatic carbocycles. The van der Waals surface area contributed by atoms with Gasteiger partial charge in [0.1, 0.15) is 11.2 Å². The average molecular weight is 1290 g/mol. The normalized spacial score (nSPS) is 54.2. The molecule has 2 saturated heterocycles. The Bertz CT molecular complexity index is 3550. The van der Waals surface area contributed by atoms with Gasteiger partial charge in [0, 0.05) is 76.3 Å². The highest BCUT2D eigenvalue weighted by Crippen LogP contribution is 2.86. The van der Waals surface area contributed by atoms with E-state index in [0.717, 1.165) is 62.6 Å². The van der Waals surface area contributed by atoms with E-state index in [4.69, 9.17) is 15.2 Å². The second kappa shape index (κ2) is 20.8. The smallest absolute Gasteiger partial charge is 0.189 e. The molecule has 508 valence electrons. The molecule has 0 amide bonds. The van der Waals surface area contributed by atoms with Gasteiger partial charge in [-0.3, -0.25) is 4.79 Å². The van der Waals surface area contributed by atoms with E-state index in [-0.39, 0.29) is 123 Å². The number of carbonyl (C=O) groups is 1. The summed E-state index contributed by atoms with van der Waals surface area (Å²) in [5.41, 5.74) is -4.43. The zero-order valence-electron chi connectivity index (χ0n) is 55.4. The van der Waals surface area contributed by atoms with Gasteiger partial charge >= 0.3 is 0 Å². The van der Waals surface area contributed by atoms with Crippen LogP contribution in [-0.2, 0) is 14.3 Å². The largest absolute Gasteiger partial charge is 0.396 e. The lowest BCUT2D eigenvalue weighted by Crippen LogP contribution is -2.81. The Morgan fingerprint density at radius 2 is 1.71 bits per heavy atom. The summed E-state index contributed by atoms with van der Waals surface area (Å²) in [5, 5.41) is 133. The zero-order chi connectivity index (χ0) is 64.9. The number of nitrogens with two attached hydrogens (primary N) is 1. The first kappa shape index (κ1) is 62.3. The third-order valence-electron chi connectivity index (χ3n) is 30.8. The number of Topliss-reactive ketones (excluding diaryl/α,β-unsaturated/α-hetero) is 1.